The van der Waals surface area contributed by atoms with E-state index >= 15 is 0 Å². The average molecular weight is 447 g/mol. The second-order valence-corrected chi connectivity index (χ2v) is 8.15. The molecule has 3 heterocycles. The van der Waals surface area contributed by atoms with E-state index in [-0.39, 0.29) is 29.6 Å². The summed E-state index contributed by atoms with van der Waals surface area (Å²) in [7, 11) is 0. The molecule has 0 aliphatic carbocycles. The number of ether oxygens (including phenoxy) is 1. The molecular formula is C22H24F3N5O2. The molecule has 3 rings (SSSR count). The summed E-state index contributed by atoms with van der Waals surface area (Å²) in [6.45, 7) is 8.79. The molecule has 0 saturated heterocycles. The summed E-state index contributed by atoms with van der Waals surface area (Å²) in [4.78, 5) is 19.8. The molecule has 0 atom stereocenters. The van der Waals surface area contributed by atoms with Gasteiger partial charge in [0.15, 0.2) is 5.69 Å². The molecule has 10 heteroatoms. The Hall–Kier alpha value is -3.43. The molecule has 32 heavy (non-hydrogen) atoms. The van der Waals surface area contributed by atoms with Gasteiger partial charge in [0, 0.05) is 31.9 Å². The van der Waals surface area contributed by atoms with Crippen molar-refractivity contribution in [3.05, 3.63) is 42.4 Å². The van der Waals surface area contributed by atoms with E-state index in [2.05, 4.69) is 20.4 Å². The van der Waals surface area contributed by atoms with Crippen molar-refractivity contribution in [3.8, 4) is 28.3 Å². The van der Waals surface area contributed by atoms with E-state index in [1.807, 2.05) is 20.8 Å². The average Bonchev–Trinajstić information content (AvgIpc) is 3.11. The van der Waals surface area contributed by atoms with E-state index in [1.165, 1.54) is 30.1 Å². The lowest BCUT2D eigenvalue weighted by Crippen LogP contribution is -2.23. The minimum Gasteiger partial charge on any atom is -0.472 e. The molecule has 0 aliphatic heterocycles. The van der Waals surface area contributed by atoms with E-state index in [9.17, 15) is 18.0 Å². The largest absolute Gasteiger partial charge is 0.472 e. The first-order chi connectivity index (χ1) is 14.9. The number of nitrogens with one attached hydrogen (secondary N) is 1. The third-order valence-corrected chi connectivity index (χ3v) is 4.24. The van der Waals surface area contributed by atoms with Crippen LogP contribution in [0.15, 0.2) is 36.7 Å². The van der Waals surface area contributed by atoms with E-state index < -0.39 is 17.5 Å². The van der Waals surface area contributed by atoms with Crippen LogP contribution in [0.2, 0.25) is 0 Å². The van der Waals surface area contributed by atoms with Gasteiger partial charge in [0.1, 0.15) is 11.4 Å². The molecule has 3 aromatic rings. The number of carbonyl (C=O) groups excluding carboxylic acids is 1. The quantitative estimate of drug-likeness (QED) is 0.583. The zero-order valence-electron chi connectivity index (χ0n) is 18.4. The Morgan fingerprint density at radius 3 is 2.47 bits per heavy atom. The van der Waals surface area contributed by atoms with Crippen molar-refractivity contribution in [2.24, 2.45) is 0 Å². The number of hydrogen-bond donors (Lipinski definition) is 1. The Bertz CT molecular complexity index is 1130. The van der Waals surface area contributed by atoms with E-state index in [1.54, 1.807) is 25.1 Å². The first-order valence-electron chi connectivity index (χ1n) is 9.96. The molecule has 0 unspecified atom stereocenters. The maximum Gasteiger partial charge on any atom is 0.435 e. The van der Waals surface area contributed by atoms with Gasteiger partial charge < -0.3 is 10.1 Å². The van der Waals surface area contributed by atoms with Crippen molar-refractivity contribution in [2.75, 3.05) is 5.32 Å². The highest BCUT2D eigenvalue weighted by Gasteiger charge is 2.38. The highest BCUT2D eigenvalue weighted by molar-refractivity contribution is 5.88. The lowest BCUT2D eigenvalue weighted by atomic mass is 10.0. The van der Waals surface area contributed by atoms with Gasteiger partial charge in [-0.15, -0.1) is 0 Å². The fourth-order valence-corrected chi connectivity index (χ4v) is 3.01. The fourth-order valence-electron chi connectivity index (χ4n) is 3.01. The first-order valence-corrected chi connectivity index (χ1v) is 9.96. The summed E-state index contributed by atoms with van der Waals surface area (Å²) >= 11 is 0. The van der Waals surface area contributed by atoms with E-state index in [0.717, 1.165) is 0 Å². The Labute approximate surface area is 183 Å². The zero-order valence-corrected chi connectivity index (χ0v) is 18.4. The van der Waals surface area contributed by atoms with Gasteiger partial charge in [-0.25, -0.2) is 9.97 Å². The predicted molar refractivity (Wildman–Crippen MR) is 114 cm³/mol. The number of aromatic nitrogens is 4. The number of hydrogen-bond acceptors (Lipinski definition) is 5. The van der Waals surface area contributed by atoms with Crippen LogP contribution in [-0.4, -0.2) is 31.3 Å². The SMILES string of the molecule is CCn1cc(-c2cc(-c3ccnc(NC(C)=O)c3)cc(OC(C)(C)C)n2)c(C(F)(F)F)n1. The van der Waals surface area contributed by atoms with Crippen LogP contribution in [0.3, 0.4) is 0 Å². The van der Waals surface area contributed by atoms with E-state index in [4.69, 9.17) is 4.74 Å². The molecule has 3 aromatic heterocycles. The summed E-state index contributed by atoms with van der Waals surface area (Å²) in [5.41, 5.74) is -0.520. The van der Waals surface area contributed by atoms with Crippen LogP contribution < -0.4 is 10.1 Å². The van der Waals surface area contributed by atoms with Crippen molar-refractivity contribution in [1.82, 2.24) is 19.7 Å². The highest BCUT2D eigenvalue weighted by Crippen LogP contribution is 2.38. The van der Waals surface area contributed by atoms with Gasteiger partial charge >= 0.3 is 6.18 Å². The molecular weight excluding hydrogens is 423 g/mol. The highest BCUT2D eigenvalue weighted by atomic mass is 19.4. The van der Waals surface area contributed by atoms with Crippen LogP contribution in [0.25, 0.3) is 22.4 Å². The minimum atomic E-state index is -4.65. The number of amides is 1. The Morgan fingerprint density at radius 1 is 1.16 bits per heavy atom. The fraction of sp³-hybridized carbons (Fsp3) is 0.364. The van der Waals surface area contributed by atoms with Crippen molar-refractivity contribution in [2.45, 2.75) is 52.9 Å². The van der Waals surface area contributed by atoms with Crippen LogP contribution in [-0.2, 0) is 17.5 Å². The summed E-state index contributed by atoms with van der Waals surface area (Å²) < 4.78 is 48.1. The normalized spacial score (nSPS) is 12.0. The van der Waals surface area contributed by atoms with Gasteiger partial charge in [-0.3, -0.25) is 9.48 Å². The molecule has 1 N–H and O–H groups in total. The number of carbonyl (C=O) groups is 1. The van der Waals surface area contributed by atoms with Crippen molar-refractivity contribution in [3.63, 3.8) is 0 Å². The molecule has 1 amide bonds. The predicted octanol–water partition coefficient (Wildman–Crippen LogP) is 5.18. The molecule has 0 fully saturated rings. The van der Waals surface area contributed by atoms with Gasteiger partial charge in [0.05, 0.1) is 11.3 Å². The van der Waals surface area contributed by atoms with E-state index in [0.29, 0.717) is 16.9 Å². The Kier molecular flexibility index (Phi) is 6.25. The van der Waals surface area contributed by atoms with Gasteiger partial charge in [0.2, 0.25) is 11.8 Å². The molecule has 0 spiro atoms. The zero-order chi connectivity index (χ0) is 23.7. The molecule has 0 saturated carbocycles. The number of rotatable bonds is 5. The molecule has 7 nitrogen and oxygen atoms in total. The number of anilines is 1. The summed E-state index contributed by atoms with van der Waals surface area (Å²) in [5.74, 6) is 0.199. The van der Waals surface area contributed by atoms with Crippen molar-refractivity contribution < 1.29 is 22.7 Å². The maximum atomic E-state index is 13.7. The maximum absolute atomic E-state index is 13.7. The van der Waals surface area contributed by atoms with Gasteiger partial charge in [-0.1, -0.05) is 0 Å². The lowest BCUT2D eigenvalue weighted by Gasteiger charge is -2.21. The molecule has 0 radical (unpaired) electrons. The lowest BCUT2D eigenvalue weighted by molar-refractivity contribution is -0.141. The minimum absolute atomic E-state index is 0.0756. The van der Waals surface area contributed by atoms with Gasteiger partial charge in [-0.05, 0) is 57.0 Å². The first kappa shape index (κ1) is 23.2. The third-order valence-electron chi connectivity index (χ3n) is 4.24. The smallest absolute Gasteiger partial charge is 0.435 e. The Morgan fingerprint density at radius 2 is 1.88 bits per heavy atom. The number of alkyl halides is 3. The third kappa shape index (κ3) is 5.63. The molecule has 0 bridgehead atoms. The summed E-state index contributed by atoms with van der Waals surface area (Å²) in [5, 5.41) is 6.28. The topological polar surface area (TPSA) is 81.9 Å². The van der Waals surface area contributed by atoms with Crippen molar-refractivity contribution in [1.29, 1.82) is 0 Å². The monoisotopic (exact) mass is 447 g/mol. The number of aryl methyl sites for hydroxylation is 1. The number of halogens is 3. The Balaban J connectivity index is 2.20. The van der Waals surface area contributed by atoms with Crippen LogP contribution in [0.4, 0.5) is 19.0 Å². The van der Waals surface area contributed by atoms with Crippen LogP contribution in [0.1, 0.15) is 40.3 Å². The summed E-state index contributed by atoms with van der Waals surface area (Å²) in [6, 6.07) is 6.49. The number of nitrogens with zero attached hydrogens (tertiary/aromatic N) is 4. The second kappa shape index (κ2) is 8.60. The van der Waals surface area contributed by atoms with Crippen LogP contribution in [0, 0.1) is 0 Å². The summed E-state index contributed by atoms with van der Waals surface area (Å²) in [6.07, 6.45) is -1.82. The standard InChI is InChI=1S/C22H24F3N5O2/c1-6-30-12-16(20(29-30)22(23,24)25)17-9-15(11-19(28-17)32-21(3,4)5)14-7-8-26-18(10-14)27-13(2)31/h7-12H,6H2,1-5H3,(H,26,27,31). The van der Waals surface area contributed by atoms with Gasteiger partial charge in [-0.2, -0.15) is 18.3 Å². The second-order valence-electron chi connectivity index (χ2n) is 8.15. The van der Waals surface area contributed by atoms with Crippen LogP contribution >= 0.6 is 0 Å². The van der Waals surface area contributed by atoms with Crippen molar-refractivity contribution >= 4 is 11.7 Å². The molecule has 0 aromatic carbocycles. The molecule has 0 aliphatic rings. The van der Waals surface area contributed by atoms with Crippen LogP contribution in [0.5, 0.6) is 5.88 Å². The number of pyridine rings is 2. The van der Waals surface area contributed by atoms with Gasteiger partial charge in [0.25, 0.3) is 0 Å². The molecule has 170 valence electrons.